The van der Waals surface area contributed by atoms with Gasteiger partial charge in [-0.05, 0) is 13.0 Å². The van der Waals surface area contributed by atoms with E-state index in [9.17, 15) is 4.79 Å². The van der Waals surface area contributed by atoms with Gasteiger partial charge < -0.3 is 0 Å². The van der Waals surface area contributed by atoms with Crippen molar-refractivity contribution in [1.29, 1.82) is 0 Å². The van der Waals surface area contributed by atoms with Crippen LogP contribution in [0.25, 0.3) is 0 Å². The average Bonchev–Trinajstić information content (AvgIpc) is 1.89. The molecule has 0 saturated carbocycles. The molecule has 0 rings (SSSR count). The van der Waals surface area contributed by atoms with Crippen LogP contribution in [0.3, 0.4) is 0 Å². The molecule has 0 aromatic heterocycles. The molecule has 3 heteroatoms. The summed E-state index contributed by atoms with van der Waals surface area (Å²) >= 11 is 0. The van der Waals surface area contributed by atoms with Crippen LogP contribution in [-0.4, -0.2) is 5.97 Å². The van der Waals surface area contributed by atoms with Crippen molar-refractivity contribution in [3.8, 4) is 0 Å². The highest BCUT2D eigenvalue weighted by Gasteiger charge is 1.95. The van der Waals surface area contributed by atoms with E-state index in [1.807, 2.05) is 0 Å². The van der Waals surface area contributed by atoms with Crippen LogP contribution in [-0.2, 0) is 14.6 Å². The van der Waals surface area contributed by atoms with Gasteiger partial charge in [0.2, 0.25) is 0 Å². The van der Waals surface area contributed by atoms with Crippen molar-refractivity contribution in [2.24, 2.45) is 0 Å². The zero-order valence-corrected chi connectivity index (χ0v) is 5.59. The number of hydrogen-bond donors (Lipinski definition) is 0. The summed E-state index contributed by atoms with van der Waals surface area (Å²) in [6, 6.07) is 0. The Kier molecular flexibility index (Phi) is 4.59. The largest absolute Gasteiger partial charge is 0.355 e. The predicted molar refractivity (Wildman–Crippen MR) is 32.3 cm³/mol. The van der Waals surface area contributed by atoms with Gasteiger partial charge in [-0.15, -0.1) is 0 Å². The van der Waals surface area contributed by atoms with Crippen molar-refractivity contribution in [1.82, 2.24) is 0 Å². The first-order valence-electron chi connectivity index (χ1n) is 2.78. The van der Waals surface area contributed by atoms with Gasteiger partial charge in [0, 0.05) is 6.42 Å². The Morgan fingerprint density at radius 2 is 2.33 bits per heavy atom. The molecule has 0 aromatic carbocycles. The van der Waals surface area contributed by atoms with Gasteiger partial charge in [-0.3, -0.25) is 9.78 Å². The fourth-order valence-electron chi connectivity index (χ4n) is 0.196. The molecule has 0 heterocycles. The Hall–Kier alpha value is -0.990. The highest BCUT2D eigenvalue weighted by Crippen LogP contribution is 1.85. The summed E-state index contributed by atoms with van der Waals surface area (Å²) in [4.78, 5) is 18.8. The first-order valence-corrected chi connectivity index (χ1v) is 2.78. The van der Waals surface area contributed by atoms with E-state index in [1.165, 1.54) is 6.26 Å². The van der Waals surface area contributed by atoms with Crippen LogP contribution in [0.15, 0.2) is 12.3 Å². The van der Waals surface area contributed by atoms with Crippen molar-refractivity contribution in [2.45, 2.75) is 20.3 Å². The molecule has 0 spiro atoms. The fraction of sp³-hybridized carbons (Fsp3) is 0.500. The summed E-state index contributed by atoms with van der Waals surface area (Å²) in [5, 5.41) is 0. The van der Waals surface area contributed by atoms with Crippen molar-refractivity contribution in [3.05, 3.63) is 12.3 Å². The molecular weight excluding hydrogens is 120 g/mol. The summed E-state index contributed by atoms with van der Waals surface area (Å²) in [6.07, 6.45) is 3.26. The van der Waals surface area contributed by atoms with Crippen molar-refractivity contribution in [3.63, 3.8) is 0 Å². The zero-order chi connectivity index (χ0) is 7.11. The molecule has 0 amide bonds. The van der Waals surface area contributed by atoms with Crippen molar-refractivity contribution in [2.75, 3.05) is 0 Å². The third-order valence-electron chi connectivity index (χ3n) is 0.621. The predicted octanol–water partition coefficient (Wildman–Crippen LogP) is 1.40. The number of hydrogen-bond acceptors (Lipinski definition) is 3. The Bertz CT molecular complexity index is 107. The Labute approximate surface area is 54.2 Å². The number of allylic oxidation sites excluding steroid dienone is 1. The molecule has 0 N–H and O–H groups in total. The fourth-order valence-corrected chi connectivity index (χ4v) is 0.196. The van der Waals surface area contributed by atoms with E-state index in [0.717, 1.165) is 0 Å². The van der Waals surface area contributed by atoms with Crippen molar-refractivity contribution >= 4 is 5.97 Å². The Balaban J connectivity index is 3.17. The maximum atomic E-state index is 10.3. The van der Waals surface area contributed by atoms with E-state index in [-0.39, 0.29) is 5.97 Å². The van der Waals surface area contributed by atoms with Crippen LogP contribution in [0.2, 0.25) is 0 Å². The molecular formula is C6H10O3. The topological polar surface area (TPSA) is 35.5 Å². The van der Waals surface area contributed by atoms with E-state index in [0.29, 0.717) is 6.42 Å². The van der Waals surface area contributed by atoms with Crippen LogP contribution in [0.5, 0.6) is 0 Å². The molecule has 0 saturated heterocycles. The normalized spacial score (nSPS) is 9.56. The summed E-state index contributed by atoms with van der Waals surface area (Å²) < 4.78 is 0. The third kappa shape index (κ3) is 4.87. The van der Waals surface area contributed by atoms with Crippen LogP contribution in [0.1, 0.15) is 20.3 Å². The van der Waals surface area contributed by atoms with Gasteiger partial charge in [-0.2, -0.15) is 0 Å². The van der Waals surface area contributed by atoms with Crippen molar-refractivity contribution < 1.29 is 14.6 Å². The lowest BCUT2D eigenvalue weighted by Crippen LogP contribution is -1.99. The SMILES string of the molecule is C/C=C\OOC(=O)CC. The molecule has 0 aliphatic rings. The molecule has 0 aromatic rings. The minimum atomic E-state index is -0.367. The summed E-state index contributed by atoms with van der Waals surface area (Å²) in [7, 11) is 0. The lowest BCUT2D eigenvalue weighted by atomic mass is 10.5. The number of rotatable bonds is 3. The smallest absolute Gasteiger partial charge is 0.295 e. The molecule has 0 fully saturated rings. The van der Waals surface area contributed by atoms with E-state index < -0.39 is 0 Å². The second kappa shape index (κ2) is 5.15. The number of carbonyl (C=O) groups excluding carboxylic acids is 1. The lowest BCUT2D eigenvalue weighted by Gasteiger charge is -1.94. The lowest BCUT2D eigenvalue weighted by molar-refractivity contribution is -0.238. The van der Waals surface area contributed by atoms with Gasteiger partial charge in [0.15, 0.2) is 0 Å². The first-order chi connectivity index (χ1) is 4.31. The minimum Gasteiger partial charge on any atom is -0.295 e. The van der Waals surface area contributed by atoms with Crippen LogP contribution < -0.4 is 0 Å². The summed E-state index contributed by atoms with van der Waals surface area (Å²) in [6.45, 7) is 3.46. The Morgan fingerprint density at radius 3 is 2.78 bits per heavy atom. The Morgan fingerprint density at radius 1 is 1.67 bits per heavy atom. The quantitative estimate of drug-likeness (QED) is 0.329. The van der Waals surface area contributed by atoms with Gasteiger partial charge >= 0.3 is 5.97 Å². The molecule has 52 valence electrons. The maximum absolute atomic E-state index is 10.3. The standard InChI is InChI=1S/C6H10O3/c1-3-5-8-9-6(7)4-2/h3,5H,4H2,1-2H3/b5-3-. The summed E-state index contributed by atoms with van der Waals surface area (Å²) in [5.41, 5.74) is 0. The van der Waals surface area contributed by atoms with Gasteiger partial charge in [-0.1, -0.05) is 6.92 Å². The molecule has 0 radical (unpaired) electrons. The summed E-state index contributed by atoms with van der Waals surface area (Å²) in [5.74, 6) is -0.367. The second-order valence-corrected chi connectivity index (χ2v) is 1.37. The van der Waals surface area contributed by atoms with E-state index in [1.54, 1.807) is 19.9 Å². The number of carbonyl (C=O) groups is 1. The molecule has 0 unspecified atom stereocenters. The van der Waals surface area contributed by atoms with Gasteiger partial charge in [0.05, 0.1) is 0 Å². The molecule has 0 aliphatic carbocycles. The molecule has 9 heavy (non-hydrogen) atoms. The first kappa shape index (κ1) is 8.01. The van der Waals surface area contributed by atoms with Crippen LogP contribution in [0.4, 0.5) is 0 Å². The van der Waals surface area contributed by atoms with E-state index in [4.69, 9.17) is 0 Å². The van der Waals surface area contributed by atoms with Crippen LogP contribution >= 0.6 is 0 Å². The third-order valence-corrected chi connectivity index (χ3v) is 0.621. The molecule has 3 nitrogen and oxygen atoms in total. The average molecular weight is 130 g/mol. The maximum Gasteiger partial charge on any atom is 0.355 e. The molecule has 0 atom stereocenters. The second-order valence-electron chi connectivity index (χ2n) is 1.37. The highest BCUT2D eigenvalue weighted by atomic mass is 17.2. The van der Waals surface area contributed by atoms with Gasteiger partial charge in [-0.25, -0.2) is 4.79 Å². The zero-order valence-electron chi connectivity index (χ0n) is 5.59. The van der Waals surface area contributed by atoms with Gasteiger partial charge in [0.1, 0.15) is 6.26 Å². The van der Waals surface area contributed by atoms with Gasteiger partial charge in [0.25, 0.3) is 0 Å². The van der Waals surface area contributed by atoms with E-state index >= 15 is 0 Å². The van der Waals surface area contributed by atoms with Crippen LogP contribution in [0, 0.1) is 0 Å². The molecule has 0 aliphatic heterocycles. The minimum absolute atomic E-state index is 0.331. The molecule has 0 bridgehead atoms. The highest BCUT2D eigenvalue weighted by molar-refractivity contribution is 5.68. The monoisotopic (exact) mass is 130 g/mol. The van der Waals surface area contributed by atoms with E-state index in [2.05, 4.69) is 9.78 Å².